The maximum atomic E-state index is 11.3. The fourth-order valence-electron chi connectivity index (χ4n) is 2.36. The van der Waals surface area contributed by atoms with Crippen molar-refractivity contribution in [3.63, 3.8) is 0 Å². The molecule has 1 N–H and O–H groups in total. The molecule has 4 nitrogen and oxygen atoms in total. The molecule has 1 unspecified atom stereocenters. The first-order valence-electron chi connectivity index (χ1n) is 4.66. The molecule has 14 heavy (non-hydrogen) atoms. The van der Waals surface area contributed by atoms with Crippen molar-refractivity contribution in [3.05, 3.63) is 0 Å². The standard InChI is InChI=1S/C10H18O4/c1-8(2)6-10(13-5,7(11)12)9(3,4)14-8/h6H2,1-5H3,(H,11,12). The summed E-state index contributed by atoms with van der Waals surface area (Å²) in [6.07, 6.45) is 0.360. The van der Waals surface area contributed by atoms with Gasteiger partial charge >= 0.3 is 5.97 Å². The van der Waals surface area contributed by atoms with E-state index in [0.717, 1.165) is 0 Å². The van der Waals surface area contributed by atoms with Gasteiger partial charge in [0.1, 0.15) is 5.60 Å². The third-order valence-electron chi connectivity index (χ3n) is 2.87. The lowest BCUT2D eigenvalue weighted by molar-refractivity contribution is -0.183. The minimum Gasteiger partial charge on any atom is -0.479 e. The van der Waals surface area contributed by atoms with Gasteiger partial charge in [-0.3, -0.25) is 0 Å². The lowest BCUT2D eigenvalue weighted by atomic mass is 9.82. The van der Waals surface area contributed by atoms with E-state index < -0.39 is 22.8 Å². The van der Waals surface area contributed by atoms with E-state index in [2.05, 4.69) is 0 Å². The van der Waals surface area contributed by atoms with Crippen LogP contribution < -0.4 is 0 Å². The fourth-order valence-corrected chi connectivity index (χ4v) is 2.36. The zero-order valence-corrected chi connectivity index (χ0v) is 9.38. The Bertz CT molecular complexity index is 257. The molecule has 0 bridgehead atoms. The molecule has 1 heterocycles. The van der Waals surface area contributed by atoms with Gasteiger partial charge in [-0.05, 0) is 27.7 Å². The van der Waals surface area contributed by atoms with Crippen molar-refractivity contribution in [2.45, 2.75) is 50.9 Å². The first-order chi connectivity index (χ1) is 6.17. The third kappa shape index (κ3) is 1.42. The second kappa shape index (κ2) is 2.94. The monoisotopic (exact) mass is 202 g/mol. The summed E-state index contributed by atoms with van der Waals surface area (Å²) in [5.74, 6) is -0.962. The van der Waals surface area contributed by atoms with Gasteiger partial charge in [0, 0.05) is 13.5 Å². The zero-order chi connectivity index (χ0) is 11.2. The van der Waals surface area contributed by atoms with Crippen LogP contribution in [-0.2, 0) is 14.3 Å². The van der Waals surface area contributed by atoms with Crippen LogP contribution in [0.4, 0.5) is 0 Å². The minimum atomic E-state index is -1.24. The highest BCUT2D eigenvalue weighted by Gasteiger charge is 2.62. The van der Waals surface area contributed by atoms with Crippen LogP contribution in [0.15, 0.2) is 0 Å². The number of rotatable bonds is 2. The van der Waals surface area contributed by atoms with E-state index in [1.165, 1.54) is 7.11 Å². The maximum absolute atomic E-state index is 11.3. The highest BCUT2D eigenvalue weighted by Crippen LogP contribution is 2.47. The predicted molar refractivity (Wildman–Crippen MR) is 51.2 cm³/mol. The van der Waals surface area contributed by atoms with Gasteiger partial charge in [0.05, 0.1) is 5.60 Å². The Balaban J connectivity index is 3.14. The lowest BCUT2D eigenvalue weighted by Crippen LogP contribution is -2.54. The molecule has 0 aromatic rings. The molecule has 82 valence electrons. The van der Waals surface area contributed by atoms with E-state index in [4.69, 9.17) is 9.47 Å². The molecule has 0 spiro atoms. The third-order valence-corrected chi connectivity index (χ3v) is 2.87. The Morgan fingerprint density at radius 3 is 2.00 bits per heavy atom. The molecule has 4 heteroatoms. The summed E-state index contributed by atoms with van der Waals surface area (Å²) in [5, 5.41) is 9.23. The molecule has 1 atom stereocenters. The van der Waals surface area contributed by atoms with Crippen LogP contribution in [0.25, 0.3) is 0 Å². The summed E-state index contributed by atoms with van der Waals surface area (Å²) in [6, 6.07) is 0. The maximum Gasteiger partial charge on any atom is 0.339 e. The van der Waals surface area contributed by atoms with Crippen molar-refractivity contribution in [2.24, 2.45) is 0 Å². The molecule has 1 saturated heterocycles. The molecule has 0 amide bonds. The Kier molecular flexibility index (Phi) is 2.41. The molecule has 0 radical (unpaired) electrons. The molecular weight excluding hydrogens is 184 g/mol. The predicted octanol–water partition coefficient (Wildman–Crippen LogP) is 1.43. The van der Waals surface area contributed by atoms with Crippen LogP contribution in [-0.4, -0.2) is 35.0 Å². The summed E-state index contributed by atoms with van der Waals surface area (Å²) in [6.45, 7) is 7.25. The molecule has 0 aromatic heterocycles. The van der Waals surface area contributed by atoms with Gasteiger partial charge in [0.25, 0.3) is 0 Å². The van der Waals surface area contributed by atoms with Crippen LogP contribution in [0.5, 0.6) is 0 Å². The van der Waals surface area contributed by atoms with E-state index in [1.54, 1.807) is 13.8 Å². The number of carboxylic acid groups (broad SMARTS) is 1. The number of ether oxygens (including phenoxy) is 2. The van der Waals surface area contributed by atoms with Crippen molar-refractivity contribution in [3.8, 4) is 0 Å². The number of methoxy groups -OCH3 is 1. The molecule has 1 fully saturated rings. The average Bonchev–Trinajstić information content (AvgIpc) is 2.15. The van der Waals surface area contributed by atoms with Crippen molar-refractivity contribution in [1.82, 2.24) is 0 Å². The van der Waals surface area contributed by atoms with Crippen LogP contribution in [0, 0.1) is 0 Å². The Labute approximate surface area is 84.2 Å². The van der Waals surface area contributed by atoms with Crippen LogP contribution in [0.3, 0.4) is 0 Å². The molecule has 1 aliphatic rings. The molecular formula is C10H18O4. The zero-order valence-electron chi connectivity index (χ0n) is 9.38. The van der Waals surface area contributed by atoms with Gasteiger partial charge < -0.3 is 14.6 Å². The Hall–Kier alpha value is -0.610. The topological polar surface area (TPSA) is 55.8 Å². The van der Waals surface area contributed by atoms with Gasteiger partial charge in [0.2, 0.25) is 0 Å². The van der Waals surface area contributed by atoms with Crippen molar-refractivity contribution >= 4 is 5.97 Å². The van der Waals surface area contributed by atoms with E-state index in [9.17, 15) is 9.90 Å². The van der Waals surface area contributed by atoms with Crippen LogP contribution in [0.1, 0.15) is 34.1 Å². The van der Waals surface area contributed by atoms with E-state index >= 15 is 0 Å². The van der Waals surface area contributed by atoms with Crippen molar-refractivity contribution in [1.29, 1.82) is 0 Å². The van der Waals surface area contributed by atoms with Gasteiger partial charge in [-0.25, -0.2) is 4.79 Å². The highest BCUT2D eigenvalue weighted by atomic mass is 16.6. The Morgan fingerprint density at radius 1 is 1.36 bits per heavy atom. The quantitative estimate of drug-likeness (QED) is 0.736. The second-order valence-electron chi connectivity index (χ2n) is 4.89. The molecule has 0 saturated carbocycles. The molecule has 0 aliphatic carbocycles. The first-order valence-corrected chi connectivity index (χ1v) is 4.66. The fraction of sp³-hybridized carbons (Fsp3) is 0.900. The second-order valence-corrected chi connectivity index (χ2v) is 4.89. The number of hydrogen-bond donors (Lipinski definition) is 1. The normalized spacial score (nSPS) is 34.4. The molecule has 0 aromatic carbocycles. The summed E-state index contributed by atoms with van der Waals surface area (Å²) in [4.78, 5) is 11.3. The van der Waals surface area contributed by atoms with E-state index in [-0.39, 0.29) is 0 Å². The number of hydrogen-bond acceptors (Lipinski definition) is 3. The average molecular weight is 202 g/mol. The highest BCUT2D eigenvalue weighted by molar-refractivity contribution is 5.80. The van der Waals surface area contributed by atoms with Gasteiger partial charge in [-0.15, -0.1) is 0 Å². The molecule has 1 rings (SSSR count). The summed E-state index contributed by atoms with van der Waals surface area (Å²) >= 11 is 0. The van der Waals surface area contributed by atoms with Crippen LogP contribution in [0.2, 0.25) is 0 Å². The summed E-state index contributed by atoms with van der Waals surface area (Å²) in [7, 11) is 1.42. The number of carboxylic acids is 1. The first kappa shape index (κ1) is 11.5. The SMILES string of the molecule is COC1(C(=O)O)CC(C)(C)OC1(C)C. The lowest BCUT2D eigenvalue weighted by Gasteiger charge is -2.34. The Morgan fingerprint density at radius 2 is 1.86 bits per heavy atom. The van der Waals surface area contributed by atoms with E-state index in [0.29, 0.717) is 6.42 Å². The number of aliphatic carboxylic acids is 1. The number of carbonyl (C=O) groups is 1. The van der Waals surface area contributed by atoms with E-state index in [1.807, 2.05) is 13.8 Å². The van der Waals surface area contributed by atoms with Crippen LogP contribution >= 0.6 is 0 Å². The largest absolute Gasteiger partial charge is 0.479 e. The minimum absolute atomic E-state index is 0.360. The summed E-state index contributed by atoms with van der Waals surface area (Å²) < 4.78 is 10.9. The molecule has 1 aliphatic heterocycles. The van der Waals surface area contributed by atoms with Gasteiger partial charge in [-0.1, -0.05) is 0 Å². The van der Waals surface area contributed by atoms with Crippen molar-refractivity contribution in [2.75, 3.05) is 7.11 Å². The van der Waals surface area contributed by atoms with Gasteiger partial charge in [-0.2, -0.15) is 0 Å². The summed E-state index contributed by atoms with van der Waals surface area (Å²) in [5.41, 5.74) is -2.51. The smallest absolute Gasteiger partial charge is 0.339 e. The van der Waals surface area contributed by atoms with Crippen molar-refractivity contribution < 1.29 is 19.4 Å². The van der Waals surface area contributed by atoms with Gasteiger partial charge in [0.15, 0.2) is 5.60 Å².